The van der Waals surface area contributed by atoms with Gasteiger partial charge < -0.3 is 0 Å². The molecule has 62 valence electrons. The zero-order valence-corrected chi connectivity index (χ0v) is 7.90. The van der Waals surface area contributed by atoms with Gasteiger partial charge in [-0.2, -0.15) is 0 Å². The minimum atomic E-state index is 1.05. The van der Waals surface area contributed by atoms with Gasteiger partial charge in [0.25, 0.3) is 0 Å². The maximum Gasteiger partial charge on any atom is 0.0801 e. The average molecular weight is 177 g/mol. The maximum atomic E-state index is 4.16. The highest BCUT2D eigenvalue weighted by molar-refractivity contribution is 7.11. The minimum Gasteiger partial charge on any atom is -0.249 e. The minimum absolute atomic E-state index is 1.05. The molecule has 1 rings (SSSR count). The second kappa shape index (κ2) is 4.02. The molecule has 0 amide bonds. The summed E-state index contributed by atoms with van der Waals surface area (Å²) < 4.78 is 0. The molecular weight excluding hydrogens is 166 g/mol. The molecule has 0 fully saturated rings. The van der Waals surface area contributed by atoms with Crippen molar-refractivity contribution in [3.63, 3.8) is 0 Å². The van der Waals surface area contributed by atoms with E-state index in [4.69, 9.17) is 0 Å². The topological polar surface area (TPSA) is 12.9 Å². The van der Waals surface area contributed by atoms with Gasteiger partial charge in [0.2, 0.25) is 0 Å². The molecule has 1 aromatic rings. The number of hydrogen-bond donors (Lipinski definition) is 0. The second-order valence-corrected chi connectivity index (χ2v) is 3.18. The molecule has 0 saturated carbocycles. The average Bonchev–Trinajstić information content (AvgIpc) is 2.47. The molecule has 0 aromatic carbocycles. The predicted octanol–water partition coefficient (Wildman–Crippen LogP) is 3.21. The van der Waals surface area contributed by atoms with Gasteiger partial charge in [-0.1, -0.05) is 31.4 Å². The van der Waals surface area contributed by atoms with Gasteiger partial charge in [0.15, 0.2) is 0 Å². The van der Waals surface area contributed by atoms with Gasteiger partial charge in [0.1, 0.15) is 0 Å². The Hall–Kier alpha value is -1.15. The van der Waals surface area contributed by atoms with E-state index in [0.29, 0.717) is 0 Å². The van der Waals surface area contributed by atoms with Crippen molar-refractivity contribution < 1.29 is 0 Å². The van der Waals surface area contributed by atoms with Crippen LogP contribution in [0.5, 0.6) is 0 Å². The molecule has 1 aromatic heterocycles. The molecule has 0 N–H and O–H groups in total. The quantitative estimate of drug-likeness (QED) is 0.646. The van der Waals surface area contributed by atoms with Crippen LogP contribution in [0.15, 0.2) is 36.9 Å². The Balaban J connectivity index is 3.10. The van der Waals surface area contributed by atoms with Crippen LogP contribution >= 0.6 is 11.3 Å². The molecule has 12 heavy (non-hydrogen) atoms. The normalized spacial score (nSPS) is 11.2. The number of aromatic nitrogens is 1. The summed E-state index contributed by atoms with van der Waals surface area (Å²) in [4.78, 5) is 5.33. The molecule has 1 heterocycles. The second-order valence-electron chi connectivity index (χ2n) is 2.33. The Bertz CT molecular complexity index is 320. The van der Waals surface area contributed by atoms with Crippen molar-refractivity contribution in [1.29, 1.82) is 0 Å². The summed E-state index contributed by atoms with van der Waals surface area (Å²) in [6, 6.07) is 0. The van der Waals surface area contributed by atoms with Gasteiger partial charge in [-0.25, -0.2) is 4.98 Å². The van der Waals surface area contributed by atoms with Crippen LogP contribution in [0, 0.1) is 6.92 Å². The molecule has 0 aliphatic rings. The van der Waals surface area contributed by atoms with Crippen molar-refractivity contribution in [2.24, 2.45) is 0 Å². The van der Waals surface area contributed by atoms with Crippen molar-refractivity contribution in [2.45, 2.75) is 6.92 Å². The summed E-state index contributed by atoms with van der Waals surface area (Å²) >= 11 is 1.62. The van der Waals surface area contributed by atoms with Crippen LogP contribution in [0.3, 0.4) is 0 Å². The number of nitrogens with zero attached hydrogens (tertiary/aromatic N) is 1. The molecule has 1 nitrogen and oxygen atoms in total. The fourth-order valence-corrected chi connectivity index (χ4v) is 1.77. The first-order chi connectivity index (χ1) is 5.79. The molecule has 0 aliphatic carbocycles. The van der Waals surface area contributed by atoms with E-state index in [2.05, 4.69) is 18.1 Å². The van der Waals surface area contributed by atoms with Crippen LogP contribution in [0.25, 0.3) is 5.57 Å². The summed E-state index contributed by atoms with van der Waals surface area (Å²) in [5, 5.41) is 0. The summed E-state index contributed by atoms with van der Waals surface area (Å²) in [6.07, 6.45) is 5.52. The fraction of sp³-hybridized carbons (Fsp3) is 0.100. The van der Waals surface area contributed by atoms with Crippen LogP contribution in [0.1, 0.15) is 10.6 Å². The smallest absolute Gasteiger partial charge is 0.0801 e. The van der Waals surface area contributed by atoms with E-state index in [1.54, 1.807) is 17.4 Å². The van der Waals surface area contributed by atoms with Crippen molar-refractivity contribution >= 4 is 16.9 Å². The van der Waals surface area contributed by atoms with E-state index in [-0.39, 0.29) is 0 Å². The fourth-order valence-electron chi connectivity index (χ4n) is 0.942. The van der Waals surface area contributed by atoms with Gasteiger partial charge >= 0.3 is 0 Å². The number of allylic oxidation sites excluding steroid dienone is 4. The third kappa shape index (κ3) is 1.71. The molecule has 0 aliphatic heterocycles. The highest BCUT2D eigenvalue weighted by Crippen LogP contribution is 2.23. The van der Waals surface area contributed by atoms with E-state index in [0.717, 1.165) is 11.3 Å². The Morgan fingerprint density at radius 3 is 2.75 bits per heavy atom. The maximum absolute atomic E-state index is 4.16. The van der Waals surface area contributed by atoms with Crippen LogP contribution in [-0.4, -0.2) is 4.98 Å². The SMILES string of the molecule is C=C/C=C(\C=C)c1scnc1C. The van der Waals surface area contributed by atoms with Crippen molar-refractivity contribution in [3.8, 4) is 0 Å². The molecular formula is C10H11NS. The van der Waals surface area contributed by atoms with Crippen LogP contribution in [0.4, 0.5) is 0 Å². The van der Waals surface area contributed by atoms with Crippen molar-refractivity contribution in [1.82, 2.24) is 4.98 Å². The largest absolute Gasteiger partial charge is 0.249 e. The zero-order chi connectivity index (χ0) is 8.97. The van der Waals surface area contributed by atoms with E-state index >= 15 is 0 Å². The first-order valence-corrected chi connectivity index (χ1v) is 4.53. The molecule has 0 atom stereocenters. The van der Waals surface area contributed by atoms with Gasteiger partial charge in [-0.15, -0.1) is 11.3 Å². The van der Waals surface area contributed by atoms with E-state index < -0.39 is 0 Å². The monoisotopic (exact) mass is 177 g/mol. The third-order valence-corrected chi connectivity index (χ3v) is 2.50. The lowest BCUT2D eigenvalue weighted by Gasteiger charge is -1.96. The third-order valence-electron chi connectivity index (χ3n) is 1.53. The van der Waals surface area contributed by atoms with Crippen LogP contribution in [0.2, 0.25) is 0 Å². The van der Waals surface area contributed by atoms with Gasteiger partial charge in [0.05, 0.1) is 16.1 Å². The Kier molecular flexibility index (Phi) is 3.00. The Morgan fingerprint density at radius 2 is 2.33 bits per heavy atom. The van der Waals surface area contributed by atoms with Gasteiger partial charge in [-0.05, 0) is 12.5 Å². The highest BCUT2D eigenvalue weighted by Gasteiger charge is 2.02. The molecule has 0 saturated heterocycles. The van der Waals surface area contributed by atoms with Crippen LogP contribution in [-0.2, 0) is 0 Å². The summed E-state index contributed by atoms with van der Waals surface area (Å²) in [6.45, 7) is 9.38. The van der Waals surface area contributed by atoms with Gasteiger partial charge in [0, 0.05) is 0 Å². The number of aryl methyl sites for hydroxylation is 1. The van der Waals surface area contributed by atoms with Crippen molar-refractivity contribution in [3.05, 3.63) is 47.5 Å². The lowest BCUT2D eigenvalue weighted by molar-refractivity contribution is 1.26. The Labute approximate surface area is 76.8 Å². The molecule has 0 bridgehead atoms. The lowest BCUT2D eigenvalue weighted by atomic mass is 10.2. The van der Waals surface area contributed by atoms with E-state index in [9.17, 15) is 0 Å². The standard InChI is InChI=1S/C10H11NS/c1-4-6-9(5-2)10-8(3)11-7-12-10/h4-7H,1-2H2,3H3/b9-6+. The first-order valence-electron chi connectivity index (χ1n) is 3.65. The van der Waals surface area contributed by atoms with E-state index in [1.165, 1.54) is 4.88 Å². The number of thiazole rings is 1. The molecule has 0 unspecified atom stereocenters. The highest BCUT2D eigenvalue weighted by atomic mass is 32.1. The van der Waals surface area contributed by atoms with E-state index in [1.807, 2.05) is 24.6 Å². The predicted molar refractivity (Wildman–Crippen MR) is 55.2 cm³/mol. The summed E-state index contributed by atoms with van der Waals surface area (Å²) in [5.74, 6) is 0. The number of hydrogen-bond acceptors (Lipinski definition) is 2. The molecule has 2 heteroatoms. The lowest BCUT2D eigenvalue weighted by Crippen LogP contribution is -1.79. The number of rotatable bonds is 3. The zero-order valence-electron chi connectivity index (χ0n) is 7.08. The summed E-state index contributed by atoms with van der Waals surface area (Å²) in [7, 11) is 0. The summed E-state index contributed by atoms with van der Waals surface area (Å²) in [5.41, 5.74) is 3.98. The van der Waals surface area contributed by atoms with Crippen LogP contribution < -0.4 is 0 Å². The first kappa shape index (κ1) is 8.94. The molecule has 0 spiro atoms. The van der Waals surface area contributed by atoms with Crippen molar-refractivity contribution in [2.75, 3.05) is 0 Å². The van der Waals surface area contributed by atoms with Gasteiger partial charge in [-0.3, -0.25) is 0 Å². The molecule has 0 radical (unpaired) electrons. The Morgan fingerprint density at radius 1 is 1.58 bits per heavy atom.